The van der Waals surface area contributed by atoms with Crippen molar-refractivity contribution in [2.75, 3.05) is 5.32 Å². The molecule has 0 aromatic carbocycles. The third-order valence-electron chi connectivity index (χ3n) is 2.51. The van der Waals surface area contributed by atoms with Gasteiger partial charge in [0.15, 0.2) is 0 Å². The van der Waals surface area contributed by atoms with Crippen molar-refractivity contribution < 1.29 is 14.7 Å². The van der Waals surface area contributed by atoms with Gasteiger partial charge in [-0.05, 0) is 19.8 Å². The molecule has 0 aliphatic carbocycles. The number of carbonyl (C=O) groups is 2. The Morgan fingerprint density at radius 1 is 1.44 bits per heavy atom. The molecular formula is C12H19N3O3. The molecule has 0 fully saturated rings. The molecule has 1 aromatic rings. The van der Waals surface area contributed by atoms with Gasteiger partial charge in [-0.3, -0.25) is 9.59 Å². The molecule has 18 heavy (non-hydrogen) atoms. The average Bonchev–Trinajstić information content (AvgIpc) is 2.61. The van der Waals surface area contributed by atoms with E-state index in [2.05, 4.69) is 10.4 Å². The number of carboxylic acids is 1. The lowest BCUT2D eigenvalue weighted by Gasteiger charge is -2.09. The van der Waals surface area contributed by atoms with E-state index in [0.717, 1.165) is 18.5 Å². The van der Waals surface area contributed by atoms with Crippen LogP contribution in [0.15, 0.2) is 6.20 Å². The fourth-order valence-electron chi connectivity index (χ4n) is 1.62. The van der Waals surface area contributed by atoms with Gasteiger partial charge >= 0.3 is 5.97 Å². The van der Waals surface area contributed by atoms with Gasteiger partial charge in [-0.2, -0.15) is 5.10 Å². The van der Waals surface area contributed by atoms with Crippen molar-refractivity contribution in [3.8, 4) is 0 Å². The van der Waals surface area contributed by atoms with Gasteiger partial charge in [0.2, 0.25) is 5.91 Å². The van der Waals surface area contributed by atoms with Crippen LogP contribution < -0.4 is 5.32 Å². The lowest BCUT2D eigenvalue weighted by molar-refractivity contribution is -0.137. The van der Waals surface area contributed by atoms with Crippen molar-refractivity contribution in [1.82, 2.24) is 9.78 Å². The van der Waals surface area contributed by atoms with Crippen LogP contribution in [0.25, 0.3) is 0 Å². The molecule has 1 aromatic heterocycles. The number of carboxylic acid groups (broad SMARTS) is 1. The first-order chi connectivity index (χ1) is 8.54. The summed E-state index contributed by atoms with van der Waals surface area (Å²) < 4.78 is 1.75. The first kappa shape index (κ1) is 14.2. The van der Waals surface area contributed by atoms with Gasteiger partial charge in [0.05, 0.1) is 6.20 Å². The van der Waals surface area contributed by atoms with Crippen molar-refractivity contribution in [1.29, 1.82) is 0 Å². The molecule has 0 aliphatic rings. The number of aryl methyl sites for hydroxylation is 2. The normalized spacial score (nSPS) is 10.3. The fraction of sp³-hybridized carbons (Fsp3) is 0.583. The monoisotopic (exact) mass is 253 g/mol. The number of amides is 1. The topological polar surface area (TPSA) is 84.2 Å². The zero-order valence-electron chi connectivity index (χ0n) is 10.8. The molecule has 0 unspecified atom stereocenters. The van der Waals surface area contributed by atoms with Crippen molar-refractivity contribution in [2.45, 2.75) is 46.1 Å². The molecule has 0 radical (unpaired) electrons. The summed E-state index contributed by atoms with van der Waals surface area (Å²) >= 11 is 0. The third-order valence-corrected chi connectivity index (χ3v) is 2.51. The SMILES string of the molecule is CCCn1ncc(C)c1NC(=O)CCCC(=O)O. The molecule has 6 nitrogen and oxygen atoms in total. The highest BCUT2D eigenvalue weighted by molar-refractivity contribution is 5.90. The zero-order chi connectivity index (χ0) is 13.5. The predicted molar refractivity (Wildman–Crippen MR) is 67.4 cm³/mol. The van der Waals surface area contributed by atoms with E-state index >= 15 is 0 Å². The molecule has 1 rings (SSSR count). The maximum Gasteiger partial charge on any atom is 0.303 e. The Morgan fingerprint density at radius 3 is 2.78 bits per heavy atom. The minimum Gasteiger partial charge on any atom is -0.481 e. The second kappa shape index (κ2) is 6.78. The predicted octanol–water partition coefficient (Wildman–Crippen LogP) is 1.79. The Labute approximate surface area is 106 Å². The average molecular weight is 253 g/mol. The van der Waals surface area contributed by atoms with Crippen LogP contribution >= 0.6 is 0 Å². The van der Waals surface area contributed by atoms with Gasteiger partial charge in [-0.1, -0.05) is 6.92 Å². The highest BCUT2D eigenvalue weighted by atomic mass is 16.4. The van der Waals surface area contributed by atoms with E-state index in [4.69, 9.17) is 5.11 Å². The van der Waals surface area contributed by atoms with Gasteiger partial charge in [0.25, 0.3) is 0 Å². The zero-order valence-corrected chi connectivity index (χ0v) is 10.8. The minimum absolute atomic E-state index is 0.0145. The number of nitrogens with zero attached hydrogens (tertiary/aromatic N) is 2. The van der Waals surface area contributed by atoms with E-state index in [-0.39, 0.29) is 18.7 Å². The number of hydrogen-bond acceptors (Lipinski definition) is 3. The van der Waals surface area contributed by atoms with Crippen LogP contribution in [0.4, 0.5) is 5.82 Å². The summed E-state index contributed by atoms with van der Waals surface area (Å²) in [6, 6.07) is 0. The van der Waals surface area contributed by atoms with E-state index in [0.29, 0.717) is 12.2 Å². The molecule has 0 spiro atoms. The van der Waals surface area contributed by atoms with E-state index < -0.39 is 5.97 Å². The smallest absolute Gasteiger partial charge is 0.303 e. The lowest BCUT2D eigenvalue weighted by Crippen LogP contribution is -2.16. The molecule has 6 heteroatoms. The molecule has 0 aliphatic heterocycles. The number of hydrogen-bond donors (Lipinski definition) is 2. The number of nitrogens with one attached hydrogen (secondary N) is 1. The summed E-state index contributed by atoms with van der Waals surface area (Å²) in [5.74, 6) is -0.343. The summed E-state index contributed by atoms with van der Waals surface area (Å²) in [6.45, 7) is 4.67. The Kier molecular flexibility index (Phi) is 5.35. The molecule has 0 saturated heterocycles. The van der Waals surface area contributed by atoms with Gasteiger partial charge in [0.1, 0.15) is 5.82 Å². The molecular weight excluding hydrogens is 234 g/mol. The first-order valence-corrected chi connectivity index (χ1v) is 6.08. The highest BCUT2D eigenvalue weighted by Crippen LogP contribution is 2.15. The number of rotatable bonds is 7. The van der Waals surface area contributed by atoms with Gasteiger partial charge in [0, 0.05) is 24.9 Å². The summed E-state index contributed by atoms with van der Waals surface area (Å²) in [4.78, 5) is 22.0. The summed E-state index contributed by atoms with van der Waals surface area (Å²) in [5, 5.41) is 15.5. The number of aromatic nitrogens is 2. The highest BCUT2D eigenvalue weighted by Gasteiger charge is 2.10. The summed E-state index contributed by atoms with van der Waals surface area (Å²) in [7, 11) is 0. The molecule has 0 saturated carbocycles. The van der Waals surface area contributed by atoms with E-state index in [9.17, 15) is 9.59 Å². The van der Waals surface area contributed by atoms with Gasteiger partial charge in [-0.15, -0.1) is 0 Å². The van der Waals surface area contributed by atoms with Gasteiger partial charge in [-0.25, -0.2) is 4.68 Å². The number of carbonyl (C=O) groups excluding carboxylic acids is 1. The van der Waals surface area contributed by atoms with Crippen LogP contribution in [0.2, 0.25) is 0 Å². The van der Waals surface area contributed by atoms with Crippen LogP contribution in [-0.4, -0.2) is 26.8 Å². The van der Waals surface area contributed by atoms with Crippen LogP contribution in [-0.2, 0) is 16.1 Å². The molecule has 2 N–H and O–H groups in total. The van der Waals surface area contributed by atoms with Crippen LogP contribution in [0, 0.1) is 6.92 Å². The van der Waals surface area contributed by atoms with E-state index in [1.54, 1.807) is 10.9 Å². The van der Waals surface area contributed by atoms with Crippen molar-refractivity contribution in [3.63, 3.8) is 0 Å². The standard InChI is InChI=1S/C12H19N3O3/c1-3-7-15-12(9(2)8-13-15)14-10(16)5-4-6-11(17)18/h8H,3-7H2,1-2H3,(H,14,16)(H,17,18). The van der Waals surface area contributed by atoms with E-state index in [1.165, 1.54) is 0 Å². The van der Waals surface area contributed by atoms with Crippen molar-refractivity contribution in [3.05, 3.63) is 11.8 Å². The Bertz CT molecular complexity index is 426. The summed E-state index contributed by atoms with van der Waals surface area (Å²) in [5.41, 5.74) is 0.912. The quantitative estimate of drug-likeness (QED) is 0.776. The number of aliphatic carboxylic acids is 1. The first-order valence-electron chi connectivity index (χ1n) is 6.08. The van der Waals surface area contributed by atoms with E-state index in [1.807, 2.05) is 13.8 Å². The van der Waals surface area contributed by atoms with Crippen molar-refractivity contribution in [2.24, 2.45) is 0 Å². The van der Waals surface area contributed by atoms with Gasteiger partial charge < -0.3 is 10.4 Å². The second-order valence-electron chi connectivity index (χ2n) is 4.19. The minimum atomic E-state index is -0.880. The van der Waals surface area contributed by atoms with Crippen molar-refractivity contribution >= 4 is 17.7 Å². The maximum atomic E-state index is 11.7. The Hall–Kier alpha value is -1.85. The molecule has 100 valence electrons. The second-order valence-corrected chi connectivity index (χ2v) is 4.19. The maximum absolute atomic E-state index is 11.7. The van der Waals surface area contributed by atoms with Crippen LogP contribution in [0.3, 0.4) is 0 Å². The molecule has 1 heterocycles. The largest absolute Gasteiger partial charge is 0.481 e. The van der Waals surface area contributed by atoms with Crippen LogP contribution in [0.1, 0.15) is 38.2 Å². The summed E-state index contributed by atoms with van der Waals surface area (Å²) in [6.07, 6.45) is 3.22. The Morgan fingerprint density at radius 2 is 2.17 bits per heavy atom. The Balaban J connectivity index is 2.53. The van der Waals surface area contributed by atoms with Crippen LogP contribution in [0.5, 0.6) is 0 Å². The lowest BCUT2D eigenvalue weighted by atomic mass is 10.2. The molecule has 0 bridgehead atoms. The molecule has 1 amide bonds. The molecule has 0 atom stereocenters. The fourth-order valence-corrected chi connectivity index (χ4v) is 1.62. The third kappa shape index (κ3) is 4.20. The number of anilines is 1.